The van der Waals surface area contributed by atoms with Gasteiger partial charge < -0.3 is 35.1 Å². The third-order valence-electron chi connectivity index (χ3n) is 9.04. The molecule has 0 spiro atoms. The summed E-state index contributed by atoms with van der Waals surface area (Å²) in [6, 6.07) is -2.67. The molecule has 0 radical (unpaired) electrons. The Hall–Kier alpha value is -3.64. The van der Waals surface area contributed by atoms with Crippen molar-refractivity contribution in [1.29, 1.82) is 0 Å². The molecule has 1 saturated carbocycles. The van der Waals surface area contributed by atoms with Gasteiger partial charge >= 0.3 is 18.0 Å². The Morgan fingerprint density at radius 3 is 2.26 bits per heavy atom. The van der Waals surface area contributed by atoms with Crippen LogP contribution in [0.25, 0.3) is 0 Å². The maximum Gasteiger partial charge on any atom is 0.408 e. The van der Waals surface area contributed by atoms with Crippen LogP contribution in [0.5, 0.6) is 0 Å². The molecule has 13 nitrogen and oxygen atoms in total. The molecule has 46 heavy (non-hydrogen) atoms. The zero-order valence-corrected chi connectivity index (χ0v) is 28.3. The number of methoxy groups -OCH3 is 1. The normalized spacial score (nSPS) is 28.2. The fourth-order valence-electron chi connectivity index (χ4n) is 6.59. The van der Waals surface area contributed by atoms with Crippen molar-refractivity contribution in [1.82, 2.24) is 20.9 Å². The molecule has 1 aliphatic carbocycles. The minimum atomic E-state index is -1.42. The van der Waals surface area contributed by atoms with Crippen LogP contribution >= 0.6 is 0 Å². The Kier molecular flexibility index (Phi) is 12.6. The van der Waals surface area contributed by atoms with Crippen molar-refractivity contribution in [2.45, 2.75) is 123 Å². The van der Waals surface area contributed by atoms with Crippen LogP contribution in [-0.2, 0) is 38.2 Å². The molecule has 6 atom stereocenters. The molecule has 0 aromatic rings. The number of hydrogen-bond donors (Lipinski definition) is 3. The van der Waals surface area contributed by atoms with Crippen molar-refractivity contribution in [2.75, 3.05) is 20.2 Å². The van der Waals surface area contributed by atoms with Gasteiger partial charge in [-0.25, -0.2) is 4.79 Å². The lowest BCUT2D eigenvalue weighted by molar-refractivity contribution is -0.157. The van der Waals surface area contributed by atoms with Gasteiger partial charge in [0.05, 0.1) is 13.2 Å². The lowest BCUT2D eigenvalue weighted by Crippen LogP contribution is -2.59. The molecule has 3 N–H and O–H groups in total. The number of hydrogen-bond acceptors (Lipinski definition) is 9. The monoisotopic (exact) mass is 648 g/mol. The van der Waals surface area contributed by atoms with Crippen LogP contribution in [0.2, 0.25) is 0 Å². The molecule has 0 aromatic heterocycles. The first kappa shape index (κ1) is 36.8. The van der Waals surface area contributed by atoms with Crippen molar-refractivity contribution >= 4 is 35.8 Å². The van der Waals surface area contributed by atoms with Crippen molar-refractivity contribution in [3.8, 4) is 0 Å². The molecule has 2 aliphatic heterocycles. The van der Waals surface area contributed by atoms with Crippen LogP contribution in [-0.4, -0.2) is 90.7 Å². The summed E-state index contributed by atoms with van der Waals surface area (Å²) in [7, 11) is 1.19. The lowest BCUT2D eigenvalue weighted by Gasteiger charge is -2.35. The predicted molar refractivity (Wildman–Crippen MR) is 168 cm³/mol. The van der Waals surface area contributed by atoms with Crippen molar-refractivity contribution in [3.63, 3.8) is 0 Å². The average molecular weight is 649 g/mol. The van der Waals surface area contributed by atoms with Crippen LogP contribution < -0.4 is 16.0 Å². The fourth-order valence-corrected chi connectivity index (χ4v) is 6.59. The molecule has 1 unspecified atom stereocenters. The summed E-state index contributed by atoms with van der Waals surface area (Å²) in [5.41, 5.74) is -0.951. The summed E-state index contributed by atoms with van der Waals surface area (Å²) < 4.78 is 15.5. The summed E-state index contributed by atoms with van der Waals surface area (Å²) in [6.07, 6.45) is 7.22. The predicted octanol–water partition coefficient (Wildman–Crippen LogP) is 2.76. The third-order valence-corrected chi connectivity index (χ3v) is 9.04. The maximum atomic E-state index is 14.2. The van der Waals surface area contributed by atoms with E-state index in [9.17, 15) is 28.8 Å². The second kappa shape index (κ2) is 15.8. The zero-order chi connectivity index (χ0) is 34.2. The van der Waals surface area contributed by atoms with Gasteiger partial charge in [-0.15, -0.1) is 0 Å². The van der Waals surface area contributed by atoms with Gasteiger partial charge in [0.1, 0.15) is 24.2 Å². The van der Waals surface area contributed by atoms with E-state index in [4.69, 9.17) is 9.47 Å². The molecule has 0 aromatic carbocycles. The molecule has 4 amide bonds. The maximum absolute atomic E-state index is 14.2. The molecule has 13 heteroatoms. The molecule has 2 heterocycles. The second-order valence-corrected chi connectivity index (χ2v) is 14.1. The first-order valence-corrected chi connectivity index (χ1v) is 16.3. The molecule has 3 rings (SSSR count). The van der Waals surface area contributed by atoms with Gasteiger partial charge in [0.25, 0.3) is 5.91 Å². The Labute approximate surface area is 271 Å². The van der Waals surface area contributed by atoms with E-state index in [1.807, 2.05) is 0 Å². The van der Waals surface area contributed by atoms with Crippen LogP contribution in [0.1, 0.15) is 92.9 Å². The number of allylic oxidation sites excluding steroid dienone is 2. The molecule has 2 fully saturated rings. The van der Waals surface area contributed by atoms with E-state index in [-0.39, 0.29) is 23.2 Å². The number of nitrogens with one attached hydrogen (secondary N) is 3. The number of fused-ring (bicyclic) bond motifs is 3. The lowest BCUT2D eigenvalue weighted by atomic mass is 9.97. The third kappa shape index (κ3) is 9.93. The number of piperidine rings is 1. The highest BCUT2D eigenvalue weighted by atomic mass is 16.6. The number of nitrogens with zero attached hydrogens (tertiary/aromatic N) is 1. The van der Waals surface area contributed by atoms with E-state index >= 15 is 0 Å². The molecule has 1 saturated heterocycles. The van der Waals surface area contributed by atoms with Crippen LogP contribution in [0.15, 0.2) is 12.2 Å². The van der Waals surface area contributed by atoms with Crippen molar-refractivity contribution in [2.24, 2.45) is 17.3 Å². The standard InChI is InChI=1S/C33H52N4O9/c1-20(38)45-27(29(41)34-18-24(39)44-7)22-16-14-12-10-8-9-11-13-15-17-23(36-31(43)46-32(2,3)4)30(42)37-19-21-25(33(21,5)6)26(37)28(40)35-22/h8-9,21-23,25-27H,10-19H2,1-7H3,(H,34,41)(H,35,40)(H,36,43)/b9-8+/t21-,22-,23-,25-,26-,27?/m0/s1. The van der Waals surface area contributed by atoms with E-state index in [1.54, 1.807) is 25.7 Å². The first-order valence-electron chi connectivity index (χ1n) is 16.3. The second-order valence-electron chi connectivity index (χ2n) is 14.1. The largest absolute Gasteiger partial charge is 0.468 e. The Bertz CT molecular complexity index is 1180. The fraction of sp³-hybridized carbons (Fsp3) is 0.758. The smallest absolute Gasteiger partial charge is 0.408 e. The number of carbonyl (C=O) groups is 6. The van der Waals surface area contributed by atoms with Gasteiger partial charge in [-0.05, 0) is 76.5 Å². The summed E-state index contributed by atoms with van der Waals surface area (Å²) in [5.74, 6) is -3.04. The van der Waals surface area contributed by atoms with Gasteiger partial charge in [0.15, 0.2) is 6.10 Å². The number of amides is 4. The molecule has 0 bridgehead atoms. The van der Waals surface area contributed by atoms with Crippen molar-refractivity contribution in [3.05, 3.63) is 12.2 Å². The number of ether oxygens (including phenoxy) is 3. The van der Waals surface area contributed by atoms with Crippen LogP contribution in [0, 0.1) is 17.3 Å². The first-order chi connectivity index (χ1) is 21.6. The molecular weight excluding hydrogens is 596 g/mol. The van der Waals surface area contributed by atoms with Gasteiger partial charge in [-0.3, -0.25) is 24.0 Å². The van der Waals surface area contributed by atoms with Crippen molar-refractivity contribution < 1.29 is 43.0 Å². The van der Waals surface area contributed by atoms with Gasteiger partial charge in [0, 0.05) is 13.5 Å². The van der Waals surface area contributed by atoms with Gasteiger partial charge in [-0.1, -0.05) is 38.8 Å². The van der Waals surface area contributed by atoms with E-state index in [1.165, 1.54) is 7.11 Å². The molecule has 3 aliphatic rings. The SMILES string of the molecule is COC(=O)CNC(=O)C(OC(C)=O)[C@@H]1CCCC/C=C/CCCC[C@H](NC(=O)OC(C)(C)C)C(=O)N2C[C@H]3[C@@H]([C@H]2C(=O)N1)C3(C)C. The highest BCUT2D eigenvalue weighted by Gasteiger charge is 2.69. The van der Waals surface area contributed by atoms with Crippen LogP contribution in [0.4, 0.5) is 4.79 Å². The van der Waals surface area contributed by atoms with E-state index < -0.39 is 66.2 Å². The van der Waals surface area contributed by atoms with E-state index in [2.05, 4.69) is 46.7 Å². The number of alkyl carbamates (subject to hydrolysis) is 1. The Morgan fingerprint density at radius 1 is 1.04 bits per heavy atom. The molecule has 258 valence electrons. The van der Waals surface area contributed by atoms with Crippen LogP contribution in [0.3, 0.4) is 0 Å². The summed E-state index contributed by atoms with van der Waals surface area (Å²) in [5, 5.41) is 8.14. The van der Waals surface area contributed by atoms with E-state index in [0.29, 0.717) is 32.2 Å². The van der Waals surface area contributed by atoms with Gasteiger partial charge in [-0.2, -0.15) is 0 Å². The minimum absolute atomic E-state index is 0.0798. The topological polar surface area (TPSA) is 169 Å². The summed E-state index contributed by atoms with van der Waals surface area (Å²) in [6.45, 7) is 10.4. The van der Waals surface area contributed by atoms with E-state index in [0.717, 1.165) is 32.6 Å². The zero-order valence-electron chi connectivity index (χ0n) is 28.3. The summed E-state index contributed by atoms with van der Waals surface area (Å²) in [4.78, 5) is 79.7. The number of rotatable bonds is 6. The Balaban J connectivity index is 1.94. The summed E-state index contributed by atoms with van der Waals surface area (Å²) >= 11 is 0. The van der Waals surface area contributed by atoms with Gasteiger partial charge in [0.2, 0.25) is 11.8 Å². The highest BCUT2D eigenvalue weighted by Crippen LogP contribution is 2.65. The highest BCUT2D eigenvalue weighted by molar-refractivity contribution is 5.94. The quantitative estimate of drug-likeness (QED) is 0.223. The number of esters is 2. The number of carbonyl (C=O) groups excluding carboxylic acids is 6. The Morgan fingerprint density at radius 2 is 1.67 bits per heavy atom. The molecular formula is C33H52N4O9. The minimum Gasteiger partial charge on any atom is -0.468 e. The average Bonchev–Trinajstić information content (AvgIpc) is 3.27.